The number of quaternary nitrogens is 1. The van der Waals surface area contributed by atoms with Crippen LogP contribution in [0.5, 0.6) is 5.75 Å². The molecule has 0 fully saturated rings. The molecule has 0 saturated heterocycles. The van der Waals surface area contributed by atoms with E-state index in [1.807, 2.05) is 12.1 Å². The maximum Gasteiger partial charge on any atom is 0.139 e. The summed E-state index contributed by atoms with van der Waals surface area (Å²) >= 11 is 0. The summed E-state index contributed by atoms with van der Waals surface area (Å²) in [6.45, 7) is 7.55. The van der Waals surface area contributed by atoms with E-state index in [9.17, 15) is 15.0 Å². The minimum atomic E-state index is -1.16. The normalized spacial score (nSPS) is 10.4. The molecule has 5 nitrogen and oxygen atoms in total. The third kappa shape index (κ3) is 7.31. The molecule has 0 aliphatic heterocycles. The molecule has 6 heteroatoms. The summed E-state index contributed by atoms with van der Waals surface area (Å²) in [5.74, 6) is 0.846. The molecule has 0 saturated carbocycles. The lowest BCUT2D eigenvalue weighted by molar-refractivity contribution is -0.262. The number of rotatable bonds is 3. The van der Waals surface area contributed by atoms with Gasteiger partial charge in [-0.25, -0.2) is 0 Å². The van der Waals surface area contributed by atoms with E-state index in [1.54, 1.807) is 6.07 Å². The highest BCUT2D eigenvalue weighted by Gasteiger charge is 2.22. The number of nitrogens with zero attached hydrogens (tertiary/aromatic N) is 2. The molecule has 0 aliphatic rings. The van der Waals surface area contributed by atoms with Crippen molar-refractivity contribution in [3.8, 4) is 5.75 Å². The van der Waals surface area contributed by atoms with Crippen LogP contribution in [0.25, 0.3) is 0 Å². The minimum absolute atomic E-state index is 0. The van der Waals surface area contributed by atoms with Crippen LogP contribution in [-0.4, -0.2) is 50.8 Å². The lowest BCUT2D eigenvalue weighted by Gasteiger charge is -2.30. The van der Waals surface area contributed by atoms with E-state index in [0.717, 1.165) is 15.9 Å². The van der Waals surface area contributed by atoms with E-state index in [0.29, 0.717) is 11.7 Å². The largest absolute Gasteiger partial charge is 0.530 e. The maximum atomic E-state index is 9.57. The number of hydrogen-bond donors (Lipinski definition) is 1. The van der Waals surface area contributed by atoms with Gasteiger partial charge in [0.05, 0.1) is 20.6 Å². The number of hydrogen-bond acceptors (Lipinski definition) is 3. The summed E-state index contributed by atoms with van der Waals surface area (Å²) < 4.78 is 0.807. The molecule has 0 heterocycles. The molecule has 1 N–H and O–H groups in total. The Balaban J connectivity index is 0. The smallest absolute Gasteiger partial charge is 0.139 e. The quantitative estimate of drug-likeness (QED) is 0.600. The molecule has 1 aromatic carbocycles. The molecule has 1 rings (SSSR count). The van der Waals surface area contributed by atoms with Crippen molar-refractivity contribution >= 4 is 35.8 Å². The SMILES string of the molecule is CC[N+](C)(C)c1cc(O)ccc1C(C)C.CN(C)C(=O)[O-].I. The third-order valence-electron chi connectivity index (χ3n) is 3.44. The van der Waals surface area contributed by atoms with Crippen molar-refractivity contribution < 1.29 is 15.0 Å². The molecule has 0 spiro atoms. The molecule has 128 valence electrons. The van der Waals surface area contributed by atoms with Crippen molar-refractivity contribution in [2.45, 2.75) is 26.7 Å². The second-order valence-electron chi connectivity index (χ2n) is 6.06. The Bertz CT molecular complexity index is 474. The highest BCUT2D eigenvalue weighted by atomic mass is 127. The molecule has 22 heavy (non-hydrogen) atoms. The van der Waals surface area contributed by atoms with Crippen LogP contribution in [0.1, 0.15) is 32.3 Å². The second-order valence-corrected chi connectivity index (χ2v) is 6.06. The van der Waals surface area contributed by atoms with Gasteiger partial charge in [-0.1, -0.05) is 13.8 Å². The van der Waals surface area contributed by atoms with E-state index < -0.39 is 6.09 Å². The zero-order valence-corrected chi connectivity index (χ0v) is 16.9. The average Bonchev–Trinajstić information content (AvgIpc) is 2.38. The molecule has 0 atom stereocenters. The molecule has 0 bridgehead atoms. The van der Waals surface area contributed by atoms with Gasteiger partial charge in [-0.05, 0) is 25.0 Å². The fourth-order valence-electron chi connectivity index (χ4n) is 1.71. The highest BCUT2D eigenvalue weighted by Crippen LogP contribution is 2.33. The van der Waals surface area contributed by atoms with Crippen LogP contribution in [0.3, 0.4) is 0 Å². The van der Waals surface area contributed by atoms with Gasteiger partial charge in [-0.3, -0.25) is 4.48 Å². The van der Waals surface area contributed by atoms with Gasteiger partial charge in [-0.15, -0.1) is 24.0 Å². The lowest BCUT2D eigenvalue weighted by Crippen LogP contribution is -2.40. The summed E-state index contributed by atoms with van der Waals surface area (Å²) in [7, 11) is 7.16. The Morgan fingerprint density at radius 3 is 2.09 bits per heavy atom. The summed E-state index contributed by atoms with van der Waals surface area (Å²) in [5, 5.41) is 19.1. The first-order chi connectivity index (χ1) is 9.52. The van der Waals surface area contributed by atoms with Crippen molar-refractivity contribution in [2.75, 3.05) is 34.7 Å². The Labute approximate surface area is 151 Å². The van der Waals surface area contributed by atoms with Crippen LogP contribution in [0.15, 0.2) is 18.2 Å². The molecule has 0 radical (unpaired) electrons. The Morgan fingerprint density at radius 1 is 1.32 bits per heavy atom. The Hall–Kier alpha value is -1.02. The van der Waals surface area contributed by atoms with E-state index in [1.165, 1.54) is 25.3 Å². The van der Waals surface area contributed by atoms with E-state index >= 15 is 0 Å². The summed E-state index contributed by atoms with van der Waals surface area (Å²) in [4.78, 5) is 10.5. The monoisotopic (exact) mass is 424 g/mol. The summed E-state index contributed by atoms with van der Waals surface area (Å²) in [6.07, 6.45) is -1.16. The van der Waals surface area contributed by atoms with Crippen LogP contribution in [0.4, 0.5) is 10.5 Å². The first-order valence-corrected chi connectivity index (χ1v) is 7.07. The molecule has 0 aliphatic carbocycles. The van der Waals surface area contributed by atoms with Gasteiger partial charge < -0.3 is 19.9 Å². The molecule has 1 aromatic rings. The number of carbonyl (C=O) groups excluding carboxylic acids is 1. The first-order valence-electron chi connectivity index (χ1n) is 7.07. The number of aromatic hydroxyl groups is 1. The van der Waals surface area contributed by atoms with Gasteiger partial charge in [0.1, 0.15) is 17.5 Å². The van der Waals surface area contributed by atoms with Crippen LogP contribution < -0.4 is 9.59 Å². The number of carboxylic acid groups (broad SMARTS) is 1. The molecular formula is C16H29IN2O3. The Morgan fingerprint density at radius 2 is 1.77 bits per heavy atom. The van der Waals surface area contributed by atoms with Crippen molar-refractivity contribution in [2.24, 2.45) is 0 Å². The second kappa shape index (κ2) is 9.89. The number of halogens is 1. The highest BCUT2D eigenvalue weighted by molar-refractivity contribution is 14.0. The van der Waals surface area contributed by atoms with Gasteiger partial charge in [0.2, 0.25) is 0 Å². The van der Waals surface area contributed by atoms with Crippen molar-refractivity contribution in [3.63, 3.8) is 0 Å². The van der Waals surface area contributed by atoms with Crippen LogP contribution >= 0.6 is 24.0 Å². The van der Waals surface area contributed by atoms with Crippen LogP contribution in [-0.2, 0) is 0 Å². The molecule has 0 aromatic heterocycles. The van der Waals surface area contributed by atoms with Gasteiger partial charge in [0, 0.05) is 25.7 Å². The third-order valence-corrected chi connectivity index (χ3v) is 3.44. The lowest BCUT2D eigenvalue weighted by atomic mass is 9.99. The van der Waals surface area contributed by atoms with Gasteiger partial charge in [0.25, 0.3) is 0 Å². The average molecular weight is 424 g/mol. The number of carbonyl (C=O) groups is 1. The molecule has 0 unspecified atom stereocenters. The zero-order valence-electron chi connectivity index (χ0n) is 14.6. The standard InChI is InChI=1S/C13H21NO.C3H7NO2.HI/c1-6-14(4,5)13-9-11(15)7-8-12(13)10(2)3;1-4(2)3(5)6;/h7-10H,6H2,1-5H3;1-2H3,(H,5,6);1H. The summed E-state index contributed by atoms with van der Waals surface area (Å²) in [6, 6.07) is 5.69. The summed E-state index contributed by atoms with van der Waals surface area (Å²) in [5.41, 5.74) is 2.53. The van der Waals surface area contributed by atoms with Gasteiger partial charge in [-0.2, -0.15) is 0 Å². The number of amides is 1. The fraction of sp³-hybridized carbons (Fsp3) is 0.562. The minimum Gasteiger partial charge on any atom is -0.530 e. The first kappa shape index (κ1) is 23.2. The van der Waals surface area contributed by atoms with Crippen molar-refractivity contribution in [1.29, 1.82) is 0 Å². The van der Waals surface area contributed by atoms with Crippen LogP contribution in [0.2, 0.25) is 0 Å². The van der Waals surface area contributed by atoms with E-state index in [4.69, 9.17) is 0 Å². The molecule has 1 amide bonds. The zero-order chi connectivity index (χ0) is 16.8. The van der Waals surface area contributed by atoms with Crippen molar-refractivity contribution in [1.82, 2.24) is 9.38 Å². The molecular weight excluding hydrogens is 395 g/mol. The van der Waals surface area contributed by atoms with Gasteiger partial charge >= 0.3 is 0 Å². The number of phenols is 1. The van der Waals surface area contributed by atoms with Crippen LogP contribution in [0, 0.1) is 0 Å². The predicted octanol–water partition coefficient (Wildman–Crippen LogP) is 2.61. The maximum absolute atomic E-state index is 9.57. The predicted molar refractivity (Wildman–Crippen MR) is 101 cm³/mol. The van der Waals surface area contributed by atoms with E-state index in [-0.39, 0.29) is 24.0 Å². The van der Waals surface area contributed by atoms with Gasteiger partial charge in [0.15, 0.2) is 0 Å². The fourth-order valence-corrected chi connectivity index (χ4v) is 1.71. The van der Waals surface area contributed by atoms with Crippen molar-refractivity contribution in [3.05, 3.63) is 23.8 Å². The van der Waals surface area contributed by atoms with E-state index in [2.05, 4.69) is 34.9 Å². The topological polar surface area (TPSA) is 63.6 Å². The number of benzene rings is 1. The number of phenolic OH excluding ortho intramolecular Hbond substituents is 1. The Kier molecular flexibility index (Phi) is 10.4.